The molecular weight excluding hydrogens is 368 g/mol. The van der Waals surface area contributed by atoms with Gasteiger partial charge in [0.15, 0.2) is 5.78 Å². The molecule has 0 heterocycles. The van der Waals surface area contributed by atoms with Gasteiger partial charge in [0.25, 0.3) is 0 Å². The fraction of sp³-hybridized carbons (Fsp3) is 0.292. The fourth-order valence-corrected chi connectivity index (χ4v) is 6.22. The van der Waals surface area contributed by atoms with Crippen LogP contribution in [0.2, 0.25) is 0 Å². The van der Waals surface area contributed by atoms with E-state index in [4.69, 9.17) is 0 Å². The number of carbonyl (C=O) groups excluding carboxylic acids is 1. The fourth-order valence-electron chi connectivity index (χ4n) is 3.80. The highest BCUT2D eigenvalue weighted by molar-refractivity contribution is 8.04. The van der Waals surface area contributed by atoms with Gasteiger partial charge in [-0.15, -0.1) is 23.5 Å². The molecule has 1 aliphatic carbocycles. The summed E-state index contributed by atoms with van der Waals surface area (Å²) in [5.41, 5.74) is 4.12. The van der Waals surface area contributed by atoms with E-state index in [0.717, 1.165) is 28.2 Å². The number of benzene rings is 2. The Bertz CT molecular complexity index is 881. The van der Waals surface area contributed by atoms with Crippen LogP contribution >= 0.6 is 23.5 Å². The smallest absolute Gasteiger partial charge is 0.161 e. The molecule has 3 heteroatoms. The van der Waals surface area contributed by atoms with Crippen molar-refractivity contribution >= 4 is 34.9 Å². The first-order valence-electron chi connectivity index (χ1n) is 9.43. The highest BCUT2D eigenvalue weighted by atomic mass is 32.2. The van der Waals surface area contributed by atoms with Crippen LogP contribution in [-0.4, -0.2) is 17.3 Å². The van der Waals surface area contributed by atoms with Gasteiger partial charge in [0, 0.05) is 21.0 Å². The quantitative estimate of drug-likeness (QED) is 0.519. The lowest BCUT2D eigenvalue weighted by Gasteiger charge is -2.32. The maximum atomic E-state index is 12.9. The molecule has 3 rings (SSSR count). The average Bonchev–Trinajstić information content (AvgIpc) is 2.94. The minimum absolute atomic E-state index is 0.152. The molecule has 0 aliphatic heterocycles. The van der Waals surface area contributed by atoms with Crippen molar-refractivity contribution in [1.29, 1.82) is 0 Å². The van der Waals surface area contributed by atoms with Crippen LogP contribution in [-0.2, 0) is 10.2 Å². The van der Waals surface area contributed by atoms with Gasteiger partial charge in [-0.3, -0.25) is 4.79 Å². The summed E-state index contributed by atoms with van der Waals surface area (Å²) in [6, 6.07) is 21.0. The molecule has 0 amide bonds. The molecule has 0 saturated heterocycles. The van der Waals surface area contributed by atoms with Crippen LogP contribution in [0.4, 0.5) is 0 Å². The number of hydrogen-bond donors (Lipinski definition) is 0. The summed E-state index contributed by atoms with van der Waals surface area (Å²) < 4.78 is 0. The van der Waals surface area contributed by atoms with Crippen molar-refractivity contribution in [3.8, 4) is 0 Å². The second-order valence-electron chi connectivity index (χ2n) is 6.69. The Morgan fingerprint density at radius 2 is 1.37 bits per heavy atom. The Balaban J connectivity index is 2.39. The Hall–Kier alpha value is -1.71. The van der Waals surface area contributed by atoms with Crippen molar-refractivity contribution in [2.75, 3.05) is 11.5 Å². The zero-order chi connectivity index (χ0) is 19.4. The van der Waals surface area contributed by atoms with E-state index < -0.39 is 0 Å². The minimum atomic E-state index is -0.283. The highest BCUT2D eigenvalue weighted by Crippen LogP contribution is 2.59. The molecule has 0 N–H and O–H groups in total. The van der Waals surface area contributed by atoms with E-state index in [1.54, 1.807) is 6.92 Å². The molecule has 0 spiro atoms. The molecular formula is C24H26OS2. The van der Waals surface area contributed by atoms with Gasteiger partial charge in [0.1, 0.15) is 0 Å². The largest absolute Gasteiger partial charge is 0.294 e. The predicted octanol–water partition coefficient (Wildman–Crippen LogP) is 6.72. The number of allylic oxidation sites excluding steroid dienone is 4. The van der Waals surface area contributed by atoms with Crippen LogP contribution < -0.4 is 0 Å². The van der Waals surface area contributed by atoms with E-state index >= 15 is 0 Å². The normalized spacial score (nSPS) is 19.7. The number of ketones is 1. The maximum absolute atomic E-state index is 12.9. The van der Waals surface area contributed by atoms with Crippen molar-refractivity contribution in [2.24, 2.45) is 0 Å². The third-order valence-electron chi connectivity index (χ3n) is 4.96. The summed E-state index contributed by atoms with van der Waals surface area (Å²) in [4.78, 5) is 15.4. The van der Waals surface area contributed by atoms with Gasteiger partial charge < -0.3 is 0 Å². The molecule has 1 unspecified atom stereocenters. The minimum Gasteiger partial charge on any atom is -0.294 e. The zero-order valence-electron chi connectivity index (χ0n) is 16.4. The van der Waals surface area contributed by atoms with E-state index in [2.05, 4.69) is 75.4 Å². The van der Waals surface area contributed by atoms with E-state index in [9.17, 15) is 4.79 Å². The Labute approximate surface area is 171 Å². The Morgan fingerprint density at radius 3 is 1.89 bits per heavy atom. The van der Waals surface area contributed by atoms with Gasteiger partial charge in [-0.05, 0) is 36.5 Å². The first-order chi connectivity index (χ1) is 13.1. The molecule has 0 fully saturated rings. The molecule has 0 bridgehead atoms. The molecule has 1 atom stereocenters. The van der Waals surface area contributed by atoms with Gasteiger partial charge >= 0.3 is 0 Å². The first kappa shape index (κ1) is 20.0. The summed E-state index contributed by atoms with van der Waals surface area (Å²) in [7, 11) is 0. The van der Waals surface area contributed by atoms with Crippen LogP contribution in [0.3, 0.4) is 0 Å². The monoisotopic (exact) mass is 394 g/mol. The number of rotatable bonds is 7. The van der Waals surface area contributed by atoms with Crippen molar-refractivity contribution in [3.63, 3.8) is 0 Å². The molecule has 1 aliphatic rings. The van der Waals surface area contributed by atoms with Gasteiger partial charge in [-0.1, -0.05) is 74.5 Å². The van der Waals surface area contributed by atoms with E-state index in [1.165, 1.54) is 15.4 Å². The predicted molar refractivity (Wildman–Crippen MR) is 121 cm³/mol. The lowest BCUT2D eigenvalue weighted by Crippen LogP contribution is -2.23. The molecule has 140 valence electrons. The van der Waals surface area contributed by atoms with Crippen molar-refractivity contribution in [2.45, 2.75) is 33.1 Å². The Kier molecular flexibility index (Phi) is 6.33. The summed E-state index contributed by atoms with van der Waals surface area (Å²) >= 11 is 3.68. The maximum Gasteiger partial charge on any atom is 0.161 e. The number of hydrogen-bond acceptors (Lipinski definition) is 3. The standard InChI is InChI=1S/C24H26OS2/c1-5-26-22-20(17(3)25)21(18-13-9-7-10-14-18)23(27-6-2)24(22,4)19-15-11-8-12-16-19/h7-16H,5-6H2,1-4H3. The molecule has 2 aromatic carbocycles. The topological polar surface area (TPSA) is 17.1 Å². The summed E-state index contributed by atoms with van der Waals surface area (Å²) in [5, 5.41) is 0. The van der Waals surface area contributed by atoms with Gasteiger partial charge in [0.05, 0.1) is 5.41 Å². The number of thioether (sulfide) groups is 2. The van der Waals surface area contributed by atoms with Crippen molar-refractivity contribution in [3.05, 3.63) is 87.2 Å². The third kappa shape index (κ3) is 3.55. The molecule has 0 aromatic heterocycles. The second kappa shape index (κ2) is 8.53. The average molecular weight is 395 g/mol. The summed E-state index contributed by atoms with van der Waals surface area (Å²) in [6.45, 7) is 8.34. The summed E-state index contributed by atoms with van der Waals surface area (Å²) in [6.07, 6.45) is 0. The van der Waals surface area contributed by atoms with Crippen LogP contribution in [0.15, 0.2) is 76.0 Å². The van der Waals surface area contributed by atoms with Crippen LogP contribution in [0.25, 0.3) is 5.57 Å². The molecule has 1 nitrogen and oxygen atoms in total. The highest BCUT2D eigenvalue weighted by Gasteiger charge is 2.46. The number of Topliss-reactive ketones (excluding diaryl/α,β-unsaturated/α-hetero) is 1. The molecule has 0 saturated carbocycles. The van der Waals surface area contributed by atoms with Crippen LogP contribution in [0.1, 0.15) is 38.8 Å². The van der Waals surface area contributed by atoms with Gasteiger partial charge in [-0.2, -0.15) is 0 Å². The van der Waals surface area contributed by atoms with Crippen molar-refractivity contribution < 1.29 is 4.79 Å². The van der Waals surface area contributed by atoms with Gasteiger partial charge in [-0.25, -0.2) is 0 Å². The number of carbonyl (C=O) groups is 1. The first-order valence-corrected chi connectivity index (χ1v) is 11.4. The molecule has 2 aromatic rings. The van der Waals surface area contributed by atoms with Crippen LogP contribution in [0, 0.1) is 0 Å². The Morgan fingerprint density at radius 1 is 0.852 bits per heavy atom. The molecule has 0 radical (unpaired) electrons. The zero-order valence-corrected chi connectivity index (χ0v) is 18.0. The van der Waals surface area contributed by atoms with E-state index in [1.807, 2.05) is 29.6 Å². The lowest BCUT2D eigenvalue weighted by atomic mass is 9.83. The second-order valence-corrected chi connectivity index (χ2v) is 9.24. The lowest BCUT2D eigenvalue weighted by molar-refractivity contribution is -0.113. The van der Waals surface area contributed by atoms with E-state index in [0.29, 0.717) is 0 Å². The van der Waals surface area contributed by atoms with Gasteiger partial charge in [0.2, 0.25) is 0 Å². The molecule has 27 heavy (non-hydrogen) atoms. The SMILES string of the molecule is CCSC1=C(C(C)=O)C(c2ccccc2)=C(SCC)C1(C)c1ccccc1. The van der Waals surface area contributed by atoms with E-state index in [-0.39, 0.29) is 11.2 Å². The van der Waals surface area contributed by atoms with Crippen molar-refractivity contribution in [1.82, 2.24) is 0 Å². The summed E-state index contributed by atoms with van der Waals surface area (Å²) in [5.74, 6) is 2.07. The third-order valence-corrected chi connectivity index (χ3v) is 7.33. The van der Waals surface area contributed by atoms with Crippen LogP contribution in [0.5, 0.6) is 0 Å².